The van der Waals surface area contributed by atoms with Crippen molar-refractivity contribution in [3.05, 3.63) is 46.8 Å². The van der Waals surface area contributed by atoms with Gasteiger partial charge in [-0.1, -0.05) is 24.4 Å². The Morgan fingerprint density at radius 2 is 2.00 bits per heavy atom. The zero-order valence-electron chi connectivity index (χ0n) is 6.37. The third-order valence-corrected chi connectivity index (χ3v) is 1.60. The maximum absolute atomic E-state index is 11.1. The first-order valence-electron chi connectivity index (χ1n) is 3.36. The van der Waals surface area contributed by atoms with Crippen LogP contribution in [0.15, 0.2) is 35.3 Å². The van der Waals surface area contributed by atoms with Crippen LogP contribution in [-0.4, -0.2) is 4.98 Å². The molecule has 1 heterocycles. The van der Waals surface area contributed by atoms with E-state index in [1.165, 1.54) is 6.20 Å². The number of H-pyrrole nitrogens is 1. The van der Waals surface area contributed by atoms with Gasteiger partial charge < -0.3 is 9.78 Å². The summed E-state index contributed by atoms with van der Waals surface area (Å²) in [4.78, 5) is 14.0. The number of rotatable bonds is 0. The number of hydrogen-bond donors (Lipinski definition) is 1. The topological polar surface area (TPSA) is 32.9 Å². The summed E-state index contributed by atoms with van der Waals surface area (Å²) < 4.78 is 0. The molecule has 0 saturated heterocycles. The average Bonchev–Trinajstić information content (AvgIpc) is 2.06. The molecule has 0 saturated carbocycles. The minimum absolute atomic E-state index is 0. The van der Waals surface area contributed by atoms with Gasteiger partial charge in [0, 0.05) is 38.1 Å². The summed E-state index contributed by atoms with van der Waals surface area (Å²) in [7, 11) is 0. The van der Waals surface area contributed by atoms with Gasteiger partial charge in [-0.25, -0.2) is 0 Å². The number of pyridine rings is 1. The molecule has 0 aliphatic carbocycles. The Labute approximate surface area is 94.9 Å². The molecule has 0 aliphatic rings. The van der Waals surface area contributed by atoms with Crippen LogP contribution in [0.25, 0.3) is 10.9 Å². The molecule has 2 rings (SSSR count). The fourth-order valence-corrected chi connectivity index (χ4v) is 1.06. The fraction of sp³-hybridized carbons (Fsp3) is 0. The van der Waals surface area contributed by atoms with Crippen molar-refractivity contribution >= 4 is 10.9 Å². The summed E-state index contributed by atoms with van der Waals surface area (Å²) in [5.41, 5.74) is 0.801. The Bertz CT molecular complexity index is 430. The van der Waals surface area contributed by atoms with E-state index in [0.29, 0.717) is 5.39 Å². The number of aromatic nitrogens is 1. The van der Waals surface area contributed by atoms with Crippen molar-refractivity contribution < 1.29 is 32.7 Å². The molecule has 2 aromatic rings. The SMILES string of the molecule is O=c1[c-]c[nH]c2ccccc12.[Y]. The van der Waals surface area contributed by atoms with Gasteiger partial charge in [0.2, 0.25) is 0 Å². The van der Waals surface area contributed by atoms with Gasteiger partial charge in [-0.15, -0.1) is 11.5 Å². The monoisotopic (exact) mass is 233 g/mol. The standard InChI is InChI=1S/C9H6NO.Y/c11-9-5-6-10-8-4-2-1-3-7(8)9;/h1-4,6H,(H,10,11);/q-1;. The maximum atomic E-state index is 11.1. The predicted molar refractivity (Wildman–Crippen MR) is 43.4 cm³/mol. The Morgan fingerprint density at radius 1 is 1.25 bits per heavy atom. The first-order valence-corrected chi connectivity index (χ1v) is 3.36. The number of fused-ring (bicyclic) bond motifs is 1. The zero-order chi connectivity index (χ0) is 7.68. The average molecular weight is 233 g/mol. The van der Waals surface area contributed by atoms with Crippen LogP contribution in [0.5, 0.6) is 0 Å². The second kappa shape index (κ2) is 3.97. The summed E-state index contributed by atoms with van der Waals surface area (Å²) in [5.74, 6) is 0. The molecule has 0 aliphatic heterocycles. The van der Waals surface area contributed by atoms with Crippen molar-refractivity contribution in [2.75, 3.05) is 0 Å². The van der Waals surface area contributed by atoms with Crippen molar-refractivity contribution in [3.63, 3.8) is 0 Å². The summed E-state index contributed by atoms with van der Waals surface area (Å²) in [5, 5.41) is 0.690. The van der Waals surface area contributed by atoms with Gasteiger partial charge >= 0.3 is 0 Å². The van der Waals surface area contributed by atoms with Gasteiger partial charge in [-0.3, -0.25) is 0 Å². The summed E-state index contributed by atoms with van der Waals surface area (Å²) in [6, 6.07) is 9.94. The molecule has 0 fully saturated rings. The number of benzene rings is 1. The van der Waals surface area contributed by atoms with E-state index in [2.05, 4.69) is 11.1 Å². The molecule has 0 unspecified atom stereocenters. The van der Waals surface area contributed by atoms with Crippen LogP contribution < -0.4 is 5.43 Å². The Kier molecular flexibility index (Phi) is 3.18. The van der Waals surface area contributed by atoms with Crippen molar-refractivity contribution in [1.29, 1.82) is 0 Å². The first kappa shape index (κ1) is 9.62. The Balaban J connectivity index is 0.000000720. The molecule has 12 heavy (non-hydrogen) atoms. The molecule has 0 spiro atoms. The second-order valence-electron chi connectivity index (χ2n) is 2.31. The van der Waals surface area contributed by atoms with Gasteiger partial charge in [-0.05, 0) is 5.52 Å². The molecule has 1 aromatic heterocycles. The van der Waals surface area contributed by atoms with E-state index in [1.54, 1.807) is 6.07 Å². The number of hydrogen-bond acceptors (Lipinski definition) is 1. The van der Waals surface area contributed by atoms with Gasteiger partial charge in [-0.2, -0.15) is 6.07 Å². The second-order valence-corrected chi connectivity index (χ2v) is 2.31. The molecule has 2 nitrogen and oxygen atoms in total. The molecular weight excluding hydrogens is 227 g/mol. The van der Waals surface area contributed by atoms with Crippen LogP contribution in [0.2, 0.25) is 0 Å². The number of nitrogens with one attached hydrogen (secondary N) is 1. The van der Waals surface area contributed by atoms with Gasteiger partial charge in [0.15, 0.2) is 0 Å². The van der Waals surface area contributed by atoms with E-state index in [0.717, 1.165) is 5.52 Å². The van der Waals surface area contributed by atoms with E-state index in [9.17, 15) is 4.79 Å². The van der Waals surface area contributed by atoms with Crippen LogP contribution in [0.1, 0.15) is 0 Å². The molecule has 0 amide bonds. The first-order chi connectivity index (χ1) is 5.38. The van der Waals surface area contributed by atoms with E-state index in [4.69, 9.17) is 0 Å². The largest absolute Gasteiger partial charge is 0.395 e. The molecule has 1 aromatic carbocycles. The normalized spacial score (nSPS) is 9.33. The molecule has 0 atom stereocenters. The maximum Gasteiger partial charge on any atom is 0.0218 e. The number of aromatic amines is 1. The zero-order valence-corrected chi connectivity index (χ0v) is 9.21. The van der Waals surface area contributed by atoms with E-state index in [1.807, 2.05) is 18.2 Å². The molecule has 3 heteroatoms. The van der Waals surface area contributed by atoms with E-state index >= 15 is 0 Å². The van der Waals surface area contributed by atoms with Gasteiger partial charge in [0.25, 0.3) is 0 Å². The summed E-state index contributed by atoms with van der Waals surface area (Å²) >= 11 is 0. The van der Waals surface area contributed by atoms with Crippen LogP contribution in [0.4, 0.5) is 0 Å². The quantitative estimate of drug-likeness (QED) is 0.684. The number of para-hydroxylation sites is 1. The minimum Gasteiger partial charge on any atom is -0.395 e. The fourth-order valence-electron chi connectivity index (χ4n) is 1.06. The molecule has 57 valence electrons. The molecular formula is C9H6NOY-. The summed E-state index contributed by atoms with van der Waals surface area (Å²) in [6.45, 7) is 0. The third-order valence-electron chi connectivity index (χ3n) is 1.60. The predicted octanol–water partition coefficient (Wildman–Crippen LogP) is 1.33. The third kappa shape index (κ3) is 1.65. The van der Waals surface area contributed by atoms with Gasteiger partial charge in [0.05, 0.1) is 0 Å². The van der Waals surface area contributed by atoms with E-state index in [-0.39, 0.29) is 38.1 Å². The van der Waals surface area contributed by atoms with Crippen LogP contribution in [0, 0.1) is 6.07 Å². The Morgan fingerprint density at radius 3 is 2.75 bits per heavy atom. The molecule has 1 radical (unpaired) electrons. The van der Waals surface area contributed by atoms with Crippen LogP contribution in [0.3, 0.4) is 0 Å². The Hall–Kier alpha value is -0.466. The minimum atomic E-state index is -0.0562. The van der Waals surface area contributed by atoms with Gasteiger partial charge in [0.1, 0.15) is 0 Å². The van der Waals surface area contributed by atoms with Crippen LogP contribution >= 0.6 is 0 Å². The molecule has 0 bridgehead atoms. The smallest absolute Gasteiger partial charge is 0.0218 e. The summed E-state index contributed by atoms with van der Waals surface area (Å²) in [6.07, 6.45) is 1.53. The van der Waals surface area contributed by atoms with Crippen molar-refractivity contribution in [2.45, 2.75) is 0 Å². The van der Waals surface area contributed by atoms with Crippen molar-refractivity contribution in [1.82, 2.24) is 4.98 Å². The van der Waals surface area contributed by atoms with Crippen molar-refractivity contribution in [3.8, 4) is 0 Å². The van der Waals surface area contributed by atoms with Crippen molar-refractivity contribution in [2.24, 2.45) is 0 Å². The molecule has 1 N–H and O–H groups in total. The van der Waals surface area contributed by atoms with E-state index < -0.39 is 0 Å². The van der Waals surface area contributed by atoms with Crippen LogP contribution in [-0.2, 0) is 32.7 Å².